The number of aromatic nitrogens is 4. The summed E-state index contributed by atoms with van der Waals surface area (Å²) in [5.41, 5.74) is 2.12. The minimum absolute atomic E-state index is 0.560. The van der Waals surface area contributed by atoms with Crippen LogP contribution in [0.15, 0.2) is 28.8 Å². The molecule has 0 spiro atoms. The van der Waals surface area contributed by atoms with Gasteiger partial charge in [0.1, 0.15) is 5.82 Å². The molecular weight excluding hydrogens is 276 g/mol. The molecule has 6 heteroatoms. The molecular formula is C14H15ClN4O. The number of imidazole rings is 1. The van der Waals surface area contributed by atoms with Gasteiger partial charge in [0.05, 0.1) is 11.0 Å². The van der Waals surface area contributed by atoms with Crippen molar-refractivity contribution in [2.75, 3.05) is 5.88 Å². The van der Waals surface area contributed by atoms with E-state index in [1.807, 2.05) is 18.2 Å². The first-order valence-electron chi connectivity index (χ1n) is 6.57. The normalized spacial score (nSPS) is 11.3. The van der Waals surface area contributed by atoms with Crippen LogP contribution in [-0.4, -0.2) is 25.6 Å². The third kappa shape index (κ3) is 2.54. The number of para-hydroxylation sites is 2. The summed E-state index contributed by atoms with van der Waals surface area (Å²) in [4.78, 5) is 8.86. The SMILES string of the molecule is Cc1nc(CCn2c(CCCl)nc3ccccc32)no1. The van der Waals surface area contributed by atoms with E-state index in [4.69, 9.17) is 16.1 Å². The van der Waals surface area contributed by atoms with Crippen LogP contribution in [0.25, 0.3) is 11.0 Å². The van der Waals surface area contributed by atoms with Gasteiger partial charge in [0.15, 0.2) is 5.82 Å². The van der Waals surface area contributed by atoms with Crippen molar-refractivity contribution >= 4 is 22.6 Å². The van der Waals surface area contributed by atoms with Crippen molar-refractivity contribution in [2.45, 2.75) is 26.3 Å². The van der Waals surface area contributed by atoms with E-state index in [1.54, 1.807) is 6.92 Å². The highest BCUT2D eigenvalue weighted by molar-refractivity contribution is 6.17. The maximum atomic E-state index is 5.86. The van der Waals surface area contributed by atoms with Gasteiger partial charge in [-0.15, -0.1) is 11.6 Å². The van der Waals surface area contributed by atoms with Crippen molar-refractivity contribution in [3.8, 4) is 0 Å². The van der Waals surface area contributed by atoms with Crippen molar-refractivity contribution in [3.63, 3.8) is 0 Å². The zero-order valence-corrected chi connectivity index (χ0v) is 12.0. The average molecular weight is 291 g/mol. The molecule has 3 rings (SSSR count). The van der Waals surface area contributed by atoms with Crippen LogP contribution in [0.1, 0.15) is 17.5 Å². The molecule has 0 saturated carbocycles. The zero-order valence-electron chi connectivity index (χ0n) is 11.2. The Balaban J connectivity index is 1.90. The lowest BCUT2D eigenvalue weighted by Crippen LogP contribution is -2.07. The van der Waals surface area contributed by atoms with Crippen molar-refractivity contribution < 1.29 is 4.52 Å². The van der Waals surface area contributed by atoms with E-state index in [2.05, 4.69) is 25.8 Å². The second-order valence-corrected chi connectivity index (χ2v) is 4.96. The predicted molar refractivity (Wildman–Crippen MR) is 76.9 cm³/mol. The van der Waals surface area contributed by atoms with Crippen molar-refractivity contribution in [1.29, 1.82) is 0 Å². The summed E-state index contributed by atoms with van der Waals surface area (Å²) in [5, 5.41) is 3.93. The van der Waals surface area contributed by atoms with Crippen LogP contribution in [0.2, 0.25) is 0 Å². The lowest BCUT2D eigenvalue weighted by molar-refractivity contribution is 0.386. The molecule has 2 heterocycles. The molecule has 0 fully saturated rings. The number of hydrogen-bond donors (Lipinski definition) is 0. The van der Waals surface area contributed by atoms with Gasteiger partial charge < -0.3 is 9.09 Å². The molecule has 0 radical (unpaired) electrons. The first kappa shape index (κ1) is 13.1. The van der Waals surface area contributed by atoms with Crippen LogP contribution in [0.3, 0.4) is 0 Å². The molecule has 0 aliphatic heterocycles. The largest absolute Gasteiger partial charge is 0.340 e. The number of halogens is 1. The summed E-state index contributed by atoms with van der Waals surface area (Å²) in [6.07, 6.45) is 1.47. The monoisotopic (exact) mass is 290 g/mol. The Morgan fingerprint density at radius 3 is 2.80 bits per heavy atom. The second kappa shape index (κ2) is 5.63. The molecule has 0 N–H and O–H groups in total. The van der Waals surface area contributed by atoms with Crippen LogP contribution in [0.5, 0.6) is 0 Å². The van der Waals surface area contributed by atoms with E-state index in [9.17, 15) is 0 Å². The van der Waals surface area contributed by atoms with Gasteiger partial charge >= 0.3 is 0 Å². The summed E-state index contributed by atoms with van der Waals surface area (Å²) in [7, 11) is 0. The molecule has 3 aromatic rings. The van der Waals surface area contributed by atoms with Crippen LogP contribution in [0, 0.1) is 6.92 Å². The van der Waals surface area contributed by atoms with Crippen molar-refractivity contribution in [3.05, 3.63) is 41.8 Å². The number of alkyl halides is 1. The molecule has 5 nitrogen and oxygen atoms in total. The van der Waals surface area contributed by atoms with E-state index < -0.39 is 0 Å². The number of nitrogens with zero attached hydrogens (tertiary/aromatic N) is 4. The van der Waals surface area contributed by atoms with Crippen molar-refractivity contribution in [2.24, 2.45) is 0 Å². The Hall–Kier alpha value is -1.88. The van der Waals surface area contributed by atoms with Crippen molar-refractivity contribution in [1.82, 2.24) is 19.7 Å². The highest BCUT2D eigenvalue weighted by Crippen LogP contribution is 2.17. The number of rotatable bonds is 5. The fraction of sp³-hybridized carbons (Fsp3) is 0.357. The quantitative estimate of drug-likeness (QED) is 0.678. The molecule has 104 valence electrons. The summed E-state index contributed by atoms with van der Waals surface area (Å²) in [6.45, 7) is 2.56. The van der Waals surface area contributed by atoms with E-state index >= 15 is 0 Å². The number of aryl methyl sites for hydroxylation is 4. The lowest BCUT2D eigenvalue weighted by atomic mass is 10.3. The van der Waals surface area contributed by atoms with Crippen LogP contribution in [0.4, 0.5) is 0 Å². The molecule has 0 aliphatic rings. The highest BCUT2D eigenvalue weighted by atomic mass is 35.5. The van der Waals surface area contributed by atoms with Gasteiger partial charge in [-0.1, -0.05) is 17.3 Å². The molecule has 20 heavy (non-hydrogen) atoms. The summed E-state index contributed by atoms with van der Waals surface area (Å²) in [6, 6.07) is 8.10. The van der Waals surface area contributed by atoms with Gasteiger partial charge in [-0.25, -0.2) is 4.98 Å². The fourth-order valence-corrected chi connectivity index (χ4v) is 2.47. The topological polar surface area (TPSA) is 56.7 Å². The van der Waals surface area contributed by atoms with Gasteiger partial charge in [0.25, 0.3) is 0 Å². The molecule has 0 aliphatic carbocycles. The Morgan fingerprint density at radius 2 is 2.05 bits per heavy atom. The number of hydrogen-bond acceptors (Lipinski definition) is 4. The van der Waals surface area contributed by atoms with Crippen LogP contribution in [-0.2, 0) is 19.4 Å². The van der Waals surface area contributed by atoms with Gasteiger partial charge in [-0.2, -0.15) is 4.98 Å². The minimum atomic E-state index is 0.560. The Bertz CT molecular complexity index is 719. The first-order valence-corrected chi connectivity index (χ1v) is 7.10. The van der Waals surface area contributed by atoms with Gasteiger partial charge in [0.2, 0.25) is 5.89 Å². The summed E-state index contributed by atoms with van der Waals surface area (Å²) >= 11 is 5.86. The lowest BCUT2D eigenvalue weighted by Gasteiger charge is -2.06. The van der Waals surface area contributed by atoms with E-state index in [1.165, 1.54) is 0 Å². The number of benzene rings is 1. The second-order valence-electron chi connectivity index (χ2n) is 4.59. The molecule has 0 bridgehead atoms. The average Bonchev–Trinajstić information content (AvgIpc) is 3.00. The summed E-state index contributed by atoms with van der Waals surface area (Å²) in [5.74, 6) is 2.87. The maximum Gasteiger partial charge on any atom is 0.223 e. The highest BCUT2D eigenvalue weighted by Gasteiger charge is 2.11. The van der Waals surface area contributed by atoms with Gasteiger partial charge in [-0.3, -0.25) is 0 Å². The maximum absolute atomic E-state index is 5.86. The van der Waals surface area contributed by atoms with E-state index in [0.717, 1.165) is 35.6 Å². The third-order valence-corrected chi connectivity index (χ3v) is 3.37. The minimum Gasteiger partial charge on any atom is -0.340 e. The standard InChI is InChI=1S/C14H15ClN4O/c1-10-16-13(18-20-10)7-9-19-12-5-3-2-4-11(12)17-14(19)6-8-15/h2-5H,6-9H2,1H3. The molecule has 2 aromatic heterocycles. The van der Waals surface area contributed by atoms with Gasteiger partial charge in [0, 0.05) is 32.2 Å². The molecule has 0 unspecified atom stereocenters. The molecule has 0 atom stereocenters. The Labute approximate surface area is 121 Å². The smallest absolute Gasteiger partial charge is 0.223 e. The molecule has 1 aromatic carbocycles. The molecule has 0 amide bonds. The van der Waals surface area contributed by atoms with Crippen LogP contribution >= 0.6 is 11.6 Å². The predicted octanol–water partition coefficient (Wildman–Crippen LogP) is 2.75. The summed E-state index contributed by atoms with van der Waals surface area (Å²) < 4.78 is 7.18. The third-order valence-electron chi connectivity index (χ3n) is 3.18. The number of fused-ring (bicyclic) bond motifs is 1. The molecule has 0 saturated heterocycles. The van der Waals surface area contributed by atoms with Crippen LogP contribution < -0.4 is 0 Å². The van der Waals surface area contributed by atoms with Gasteiger partial charge in [-0.05, 0) is 12.1 Å². The Kier molecular flexibility index (Phi) is 3.69. The first-order chi connectivity index (χ1) is 9.78. The zero-order chi connectivity index (χ0) is 13.9. The van der Waals surface area contributed by atoms with E-state index in [-0.39, 0.29) is 0 Å². The fourth-order valence-electron chi connectivity index (χ4n) is 2.30. The van der Waals surface area contributed by atoms with E-state index in [0.29, 0.717) is 18.2 Å². The Morgan fingerprint density at radius 1 is 1.20 bits per heavy atom.